The fourth-order valence-electron chi connectivity index (χ4n) is 1.79. The second kappa shape index (κ2) is 5.24. The number of nitrogens with one attached hydrogen (secondary N) is 1. The maximum Gasteiger partial charge on any atom is 0.313 e. The van der Waals surface area contributed by atoms with Crippen molar-refractivity contribution in [1.82, 2.24) is 5.32 Å². The lowest BCUT2D eigenvalue weighted by molar-refractivity contribution is -0.149. The predicted octanol–water partition coefficient (Wildman–Crippen LogP) is 0.407. The zero-order chi connectivity index (χ0) is 14.0. The molecule has 104 valence electrons. The van der Waals surface area contributed by atoms with Crippen molar-refractivity contribution < 1.29 is 24.2 Å². The number of methoxy groups -OCH3 is 1. The molecule has 0 aromatic rings. The Morgan fingerprint density at radius 1 is 1.56 bits per heavy atom. The summed E-state index contributed by atoms with van der Waals surface area (Å²) < 4.78 is 10.3. The van der Waals surface area contributed by atoms with Crippen LogP contribution < -0.4 is 5.32 Å². The maximum absolute atomic E-state index is 11.8. The molecule has 0 spiro atoms. The average Bonchev–Trinajstić information content (AvgIpc) is 2.61. The third-order valence-electron chi connectivity index (χ3n) is 3.42. The van der Waals surface area contributed by atoms with Crippen LogP contribution in [0.3, 0.4) is 0 Å². The zero-order valence-corrected chi connectivity index (χ0v) is 11.3. The number of hydrogen-bond donors (Lipinski definition) is 2. The van der Waals surface area contributed by atoms with Crippen LogP contribution in [0.1, 0.15) is 27.2 Å². The van der Waals surface area contributed by atoms with Gasteiger partial charge in [0.05, 0.1) is 31.3 Å². The van der Waals surface area contributed by atoms with Crippen molar-refractivity contribution >= 4 is 11.9 Å². The largest absolute Gasteiger partial charge is 0.481 e. The molecule has 0 radical (unpaired) electrons. The Balaban J connectivity index is 2.62. The van der Waals surface area contributed by atoms with E-state index in [0.717, 1.165) is 0 Å². The summed E-state index contributed by atoms with van der Waals surface area (Å²) in [6, 6.07) is -0.504. The van der Waals surface area contributed by atoms with Gasteiger partial charge in [0.15, 0.2) is 0 Å². The van der Waals surface area contributed by atoms with E-state index in [4.69, 9.17) is 9.47 Å². The molecule has 18 heavy (non-hydrogen) atoms. The van der Waals surface area contributed by atoms with Crippen molar-refractivity contribution in [3.05, 3.63) is 0 Å². The Labute approximate surface area is 107 Å². The van der Waals surface area contributed by atoms with E-state index in [1.54, 1.807) is 20.8 Å². The molecular formula is C12H21NO5. The molecule has 2 unspecified atom stereocenters. The van der Waals surface area contributed by atoms with E-state index in [1.807, 2.05) is 0 Å². The molecule has 0 bridgehead atoms. The Bertz CT molecular complexity index is 341. The second-order valence-corrected chi connectivity index (χ2v) is 5.50. The molecule has 1 amide bonds. The topological polar surface area (TPSA) is 84.9 Å². The quantitative estimate of drug-likeness (QED) is 0.747. The number of rotatable bonds is 5. The lowest BCUT2D eigenvalue weighted by atomic mass is 9.85. The maximum atomic E-state index is 11.8. The molecule has 6 heteroatoms. The van der Waals surface area contributed by atoms with Crippen LogP contribution in [0.15, 0.2) is 0 Å². The molecular weight excluding hydrogens is 238 g/mol. The second-order valence-electron chi connectivity index (χ2n) is 5.50. The number of hydrogen-bond acceptors (Lipinski definition) is 4. The van der Waals surface area contributed by atoms with Gasteiger partial charge in [-0.2, -0.15) is 0 Å². The van der Waals surface area contributed by atoms with Crippen molar-refractivity contribution in [2.75, 3.05) is 20.3 Å². The van der Waals surface area contributed by atoms with Gasteiger partial charge in [0.2, 0.25) is 5.91 Å². The Morgan fingerprint density at radius 2 is 2.17 bits per heavy atom. The number of aliphatic carboxylic acids is 1. The van der Waals surface area contributed by atoms with Crippen molar-refractivity contribution in [3.8, 4) is 0 Å². The summed E-state index contributed by atoms with van der Waals surface area (Å²) in [7, 11) is 1.54. The minimum absolute atomic E-state index is 0.112. The first-order chi connectivity index (χ1) is 8.21. The number of carbonyl (C=O) groups is 2. The normalized spacial score (nSPS) is 28.1. The molecule has 1 fully saturated rings. The van der Waals surface area contributed by atoms with Crippen LogP contribution in [0.2, 0.25) is 0 Å². The van der Waals surface area contributed by atoms with Crippen molar-refractivity contribution in [3.63, 3.8) is 0 Å². The van der Waals surface area contributed by atoms with E-state index in [0.29, 0.717) is 0 Å². The number of carboxylic acid groups (broad SMARTS) is 1. The van der Waals surface area contributed by atoms with Gasteiger partial charge in [-0.3, -0.25) is 9.59 Å². The van der Waals surface area contributed by atoms with Crippen molar-refractivity contribution in [1.29, 1.82) is 0 Å². The molecule has 0 aliphatic carbocycles. The average molecular weight is 259 g/mol. The third kappa shape index (κ3) is 3.20. The van der Waals surface area contributed by atoms with Crippen LogP contribution in [-0.4, -0.2) is 48.9 Å². The molecule has 1 heterocycles. The van der Waals surface area contributed by atoms with E-state index in [-0.39, 0.29) is 25.5 Å². The SMILES string of the molecule is COC(C)(C)CC(=O)NC1COCC1(C)C(=O)O. The predicted molar refractivity (Wildman–Crippen MR) is 64.2 cm³/mol. The van der Waals surface area contributed by atoms with Gasteiger partial charge in [0.1, 0.15) is 5.41 Å². The van der Waals surface area contributed by atoms with Crippen molar-refractivity contribution in [2.45, 2.75) is 38.8 Å². The van der Waals surface area contributed by atoms with Crippen LogP contribution in [-0.2, 0) is 19.1 Å². The fourth-order valence-corrected chi connectivity index (χ4v) is 1.79. The molecule has 0 aromatic heterocycles. The van der Waals surface area contributed by atoms with Gasteiger partial charge in [-0.15, -0.1) is 0 Å². The molecule has 6 nitrogen and oxygen atoms in total. The van der Waals surface area contributed by atoms with E-state index in [9.17, 15) is 14.7 Å². The highest BCUT2D eigenvalue weighted by Crippen LogP contribution is 2.29. The summed E-state index contributed by atoms with van der Waals surface area (Å²) in [5, 5.41) is 11.9. The van der Waals surface area contributed by atoms with E-state index in [2.05, 4.69) is 5.32 Å². The summed E-state index contributed by atoms with van der Waals surface area (Å²) in [4.78, 5) is 23.0. The van der Waals surface area contributed by atoms with E-state index in [1.165, 1.54) is 7.11 Å². The van der Waals surface area contributed by atoms with Crippen LogP contribution in [0.4, 0.5) is 0 Å². The van der Waals surface area contributed by atoms with E-state index >= 15 is 0 Å². The molecule has 2 N–H and O–H groups in total. The third-order valence-corrected chi connectivity index (χ3v) is 3.42. The van der Waals surface area contributed by atoms with Gasteiger partial charge in [-0.1, -0.05) is 0 Å². The van der Waals surface area contributed by atoms with Crippen LogP contribution in [0.25, 0.3) is 0 Å². The number of ether oxygens (including phenoxy) is 2. The standard InChI is InChI=1S/C12H21NO5/c1-11(2,17-4)5-9(14)13-8-6-18-7-12(8,3)10(15)16/h8H,5-7H2,1-4H3,(H,13,14)(H,15,16). The van der Waals surface area contributed by atoms with Gasteiger partial charge in [0.25, 0.3) is 0 Å². The highest BCUT2D eigenvalue weighted by atomic mass is 16.5. The van der Waals surface area contributed by atoms with Gasteiger partial charge in [0, 0.05) is 7.11 Å². The smallest absolute Gasteiger partial charge is 0.313 e. The Morgan fingerprint density at radius 3 is 2.67 bits per heavy atom. The highest BCUT2D eigenvalue weighted by molar-refractivity contribution is 5.80. The fraction of sp³-hybridized carbons (Fsp3) is 0.833. The molecule has 2 atom stereocenters. The first kappa shape index (κ1) is 14.9. The Hall–Kier alpha value is -1.14. The molecule has 1 aliphatic heterocycles. The first-order valence-electron chi connectivity index (χ1n) is 5.87. The monoisotopic (exact) mass is 259 g/mol. The molecule has 1 aliphatic rings. The van der Waals surface area contributed by atoms with Crippen LogP contribution in [0, 0.1) is 5.41 Å². The van der Waals surface area contributed by atoms with Gasteiger partial charge >= 0.3 is 5.97 Å². The molecule has 1 rings (SSSR count). The Kier molecular flexibility index (Phi) is 4.34. The van der Waals surface area contributed by atoms with Crippen LogP contribution >= 0.6 is 0 Å². The summed E-state index contributed by atoms with van der Waals surface area (Å²) >= 11 is 0. The molecule has 0 aromatic carbocycles. The molecule has 0 saturated carbocycles. The summed E-state index contributed by atoms with van der Waals surface area (Å²) in [5.74, 6) is -1.19. The van der Waals surface area contributed by atoms with Crippen molar-refractivity contribution in [2.24, 2.45) is 5.41 Å². The van der Waals surface area contributed by atoms with Gasteiger partial charge in [-0.25, -0.2) is 0 Å². The summed E-state index contributed by atoms with van der Waals surface area (Å²) in [5.41, 5.74) is -1.63. The van der Waals surface area contributed by atoms with Gasteiger partial charge < -0.3 is 19.9 Å². The lowest BCUT2D eigenvalue weighted by Crippen LogP contribution is -2.50. The number of carbonyl (C=O) groups excluding carboxylic acids is 1. The minimum Gasteiger partial charge on any atom is -0.481 e. The summed E-state index contributed by atoms with van der Waals surface area (Å²) in [6.07, 6.45) is 0.176. The first-order valence-corrected chi connectivity index (χ1v) is 5.87. The highest BCUT2D eigenvalue weighted by Gasteiger charge is 2.47. The van der Waals surface area contributed by atoms with Crippen LogP contribution in [0.5, 0.6) is 0 Å². The summed E-state index contributed by atoms with van der Waals surface area (Å²) in [6.45, 7) is 5.51. The van der Waals surface area contributed by atoms with E-state index < -0.39 is 23.0 Å². The minimum atomic E-state index is -1.06. The molecule has 1 saturated heterocycles. The number of carboxylic acids is 1. The zero-order valence-electron chi connectivity index (χ0n) is 11.3. The number of amides is 1. The van der Waals surface area contributed by atoms with Gasteiger partial charge in [-0.05, 0) is 20.8 Å². The lowest BCUT2D eigenvalue weighted by Gasteiger charge is -2.28.